The normalized spacial score (nSPS) is 18.8. The highest BCUT2D eigenvalue weighted by Gasteiger charge is 2.40. The molecule has 2 atom stereocenters. The predicted molar refractivity (Wildman–Crippen MR) is 119 cm³/mol. The van der Waals surface area contributed by atoms with Gasteiger partial charge in [-0.15, -0.1) is 0 Å². The van der Waals surface area contributed by atoms with Gasteiger partial charge in [0.1, 0.15) is 0 Å². The van der Waals surface area contributed by atoms with E-state index in [-0.39, 0.29) is 43.7 Å². The number of hydrogen-bond donors (Lipinski definition) is 1. The number of piperidine rings is 1. The summed E-state index contributed by atoms with van der Waals surface area (Å²) in [6.07, 6.45) is -6.01. The zero-order valence-electron chi connectivity index (χ0n) is 18.4. The summed E-state index contributed by atoms with van der Waals surface area (Å²) < 4.78 is 54.8. The maximum Gasteiger partial charge on any atom is 0.417 e. The lowest BCUT2D eigenvalue weighted by molar-refractivity contribution is -0.137. The van der Waals surface area contributed by atoms with Gasteiger partial charge >= 0.3 is 6.18 Å². The Morgan fingerprint density at radius 2 is 1.76 bits per heavy atom. The zero-order valence-corrected chi connectivity index (χ0v) is 19.2. The molecule has 0 aromatic heterocycles. The van der Waals surface area contributed by atoms with E-state index in [1.807, 2.05) is 0 Å². The number of alkyl halides is 4. The molecule has 1 aliphatic rings. The molecule has 4 nitrogen and oxygen atoms in total. The molecule has 2 unspecified atom stereocenters. The Kier molecular flexibility index (Phi) is 7.84. The predicted octanol–water partition coefficient (Wildman–Crippen LogP) is 5.14. The Morgan fingerprint density at radius 3 is 2.30 bits per heavy atom. The first kappa shape index (κ1) is 25.6. The summed E-state index contributed by atoms with van der Waals surface area (Å²) in [7, 11) is 3.43. The van der Waals surface area contributed by atoms with Crippen molar-refractivity contribution in [3.8, 4) is 0 Å². The van der Waals surface area contributed by atoms with Crippen molar-refractivity contribution in [3.05, 3.63) is 70.2 Å². The Bertz CT molecular complexity index is 961. The maximum absolute atomic E-state index is 15.2. The number of benzene rings is 2. The van der Waals surface area contributed by atoms with Crippen LogP contribution < -0.4 is 0 Å². The Morgan fingerprint density at radius 1 is 1.15 bits per heavy atom. The minimum atomic E-state index is -4.64. The van der Waals surface area contributed by atoms with Crippen LogP contribution in [0.3, 0.4) is 0 Å². The van der Waals surface area contributed by atoms with Crippen LogP contribution in [0, 0.1) is 0 Å². The molecule has 0 radical (unpaired) electrons. The van der Waals surface area contributed by atoms with Crippen molar-refractivity contribution in [2.75, 3.05) is 27.2 Å². The summed E-state index contributed by atoms with van der Waals surface area (Å²) in [6.45, 7) is 0.280. The fraction of sp³-hybridized carbons (Fsp3) is 0.458. The van der Waals surface area contributed by atoms with Crippen LogP contribution in [0.15, 0.2) is 48.5 Å². The molecule has 33 heavy (non-hydrogen) atoms. The number of rotatable bonds is 7. The monoisotopic (exact) mass is 486 g/mol. The van der Waals surface area contributed by atoms with E-state index in [0.717, 1.165) is 12.1 Å². The van der Waals surface area contributed by atoms with E-state index in [1.165, 1.54) is 11.0 Å². The number of carbonyl (C=O) groups excluding carboxylic acids is 1. The van der Waals surface area contributed by atoms with Gasteiger partial charge in [-0.2, -0.15) is 13.2 Å². The lowest BCUT2D eigenvalue weighted by Crippen LogP contribution is -2.48. The maximum atomic E-state index is 15.2. The van der Waals surface area contributed by atoms with E-state index in [0.29, 0.717) is 5.56 Å². The highest BCUT2D eigenvalue weighted by atomic mass is 35.5. The Balaban J connectivity index is 1.68. The zero-order chi connectivity index (χ0) is 24.4. The number of Topliss-reactive ketones (excluding diaryl/α,β-unsaturated/α-hetero) is 1. The Labute approximate surface area is 195 Å². The molecule has 0 spiro atoms. The third-order valence-corrected chi connectivity index (χ3v) is 6.56. The molecule has 1 saturated heterocycles. The van der Waals surface area contributed by atoms with Gasteiger partial charge < -0.3 is 5.11 Å². The SMILES string of the molecule is CN(C)C(CC(F)N1CCC(O)(c2ccc(Cl)c(C(F)(F)F)c2)CC1)C(=O)c1ccccc1. The minimum Gasteiger partial charge on any atom is -0.385 e. The molecule has 1 heterocycles. The minimum absolute atomic E-state index is 0.0572. The highest BCUT2D eigenvalue weighted by molar-refractivity contribution is 6.31. The molecule has 180 valence electrons. The van der Waals surface area contributed by atoms with Gasteiger partial charge in [0.15, 0.2) is 12.1 Å². The van der Waals surface area contributed by atoms with Crippen LogP contribution in [-0.2, 0) is 11.8 Å². The molecule has 0 saturated carbocycles. The van der Waals surface area contributed by atoms with Crippen LogP contribution in [0.2, 0.25) is 5.02 Å². The highest BCUT2D eigenvalue weighted by Crippen LogP contribution is 2.40. The third-order valence-electron chi connectivity index (χ3n) is 6.23. The number of likely N-dealkylation sites (N-methyl/N-ethyl adjacent to an activating group) is 1. The van der Waals surface area contributed by atoms with Crippen LogP contribution in [-0.4, -0.2) is 60.2 Å². The summed E-state index contributed by atoms with van der Waals surface area (Å²) >= 11 is 5.68. The van der Waals surface area contributed by atoms with Crippen molar-refractivity contribution in [1.29, 1.82) is 0 Å². The fourth-order valence-electron chi connectivity index (χ4n) is 4.18. The Hall–Kier alpha value is -2.00. The molecule has 1 fully saturated rings. The molecule has 2 aromatic rings. The van der Waals surface area contributed by atoms with Gasteiger partial charge in [0, 0.05) is 25.1 Å². The van der Waals surface area contributed by atoms with Gasteiger partial charge in [-0.25, -0.2) is 4.39 Å². The molecular formula is C24H27ClF4N2O2. The number of aliphatic hydroxyl groups is 1. The van der Waals surface area contributed by atoms with Gasteiger partial charge in [-0.05, 0) is 44.6 Å². The van der Waals surface area contributed by atoms with Gasteiger partial charge in [0.25, 0.3) is 0 Å². The average molecular weight is 487 g/mol. The first-order valence-electron chi connectivity index (χ1n) is 10.7. The van der Waals surface area contributed by atoms with Crippen LogP contribution in [0.25, 0.3) is 0 Å². The van der Waals surface area contributed by atoms with E-state index in [4.69, 9.17) is 11.6 Å². The third kappa shape index (κ3) is 5.93. The van der Waals surface area contributed by atoms with Crippen LogP contribution in [0.5, 0.6) is 0 Å². The number of hydrogen-bond acceptors (Lipinski definition) is 4. The van der Waals surface area contributed by atoms with Crippen molar-refractivity contribution < 1.29 is 27.5 Å². The lowest BCUT2D eigenvalue weighted by Gasteiger charge is -2.40. The van der Waals surface area contributed by atoms with Crippen molar-refractivity contribution in [2.45, 2.75) is 43.4 Å². The number of nitrogens with zero attached hydrogens (tertiary/aromatic N) is 2. The number of likely N-dealkylation sites (tertiary alicyclic amines) is 1. The first-order valence-corrected chi connectivity index (χ1v) is 11.0. The van der Waals surface area contributed by atoms with Gasteiger partial charge in [0.05, 0.1) is 22.2 Å². The second kappa shape index (κ2) is 10.1. The average Bonchev–Trinajstić information content (AvgIpc) is 2.77. The molecule has 1 N–H and O–H groups in total. The van der Waals surface area contributed by atoms with E-state index in [2.05, 4.69) is 0 Å². The standard InChI is InChI=1S/C24H27ClF4N2O2/c1-30(2)20(22(32)16-6-4-3-5-7-16)15-21(26)31-12-10-23(33,11-13-31)17-8-9-19(25)18(14-17)24(27,28)29/h3-9,14,20-21,33H,10-13,15H2,1-2H3. The van der Waals surface area contributed by atoms with Crippen molar-refractivity contribution in [2.24, 2.45) is 0 Å². The van der Waals surface area contributed by atoms with Gasteiger partial charge in [0.2, 0.25) is 0 Å². The molecule has 1 aliphatic heterocycles. The molecule has 0 bridgehead atoms. The van der Waals surface area contributed by atoms with Gasteiger partial charge in [-0.1, -0.05) is 48.0 Å². The molecule has 0 amide bonds. The number of halogens is 5. The van der Waals surface area contributed by atoms with Crippen molar-refractivity contribution in [3.63, 3.8) is 0 Å². The first-order chi connectivity index (χ1) is 15.4. The second-order valence-corrected chi connectivity index (χ2v) is 9.05. The van der Waals surface area contributed by atoms with Crippen LogP contribution in [0.4, 0.5) is 17.6 Å². The molecular weight excluding hydrogens is 460 g/mol. The van der Waals surface area contributed by atoms with Crippen molar-refractivity contribution >= 4 is 17.4 Å². The molecule has 3 rings (SSSR count). The summed E-state index contributed by atoms with van der Waals surface area (Å²) in [5, 5.41) is 10.6. The quantitative estimate of drug-likeness (QED) is 0.334. The fourth-order valence-corrected chi connectivity index (χ4v) is 4.40. The van der Waals surface area contributed by atoms with Crippen LogP contribution in [0.1, 0.15) is 40.7 Å². The summed E-state index contributed by atoms with van der Waals surface area (Å²) in [5.41, 5.74) is -1.91. The molecule has 9 heteroatoms. The lowest BCUT2D eigenvalue weighted by atomic mass is 9.83. The number of ketones is 1. The largest absolute Gasteiger partial charge is 0.417 e. The van der Waals surface area contributed by atoms with E-state index in [1.54, 1.807) is 49.3 Å². The summed E-state index contributed by atoms with van der Waals surface area (Å²) in [5.74, 6) is -0.183. The van der Waals surface area contributed by atoms with E-state index < -0.39 is 34.7 Å². The smallest absolute Gasteiger partial charge is 0.385 e. The number of carbonyl (C=O) groups is 1. The van der Waals surface area contributed by atoms with E-state index in [9.17, 15) is 23.1 Å². The second-order valence-electron chi connectivity index (χ2n) is 8.64. The van der Waals surface area contributed by atoms with E-state index >= 15 is 4.39 Å². The summed E-state index contributed by atoms with van der Waals surface area (Å²) in [4.78, 5) is 16.1. The van der Waals surface area contributed by atoms with Gasteiger partial charge in [-0.3, -0.25) is 14.6 Å². The molecule has 2 aromatic carbocycles. The molecule has 0 aliphatic carbocycles. The summed E-state index contributed by atoms with van der Waals surface area (Å²) in [6, 6.07) is 11.4. The van der Waals surface area contributed by atoms with Crippen molar-refractivity contribution in [1.82, 2.24) is 9.80 Å². The van der Waals surface area contributed by atoms with Crippen LogP contribution >= 0.6 is 11.6 Å². The topological polar surface area (TPSA) is 43.8 Å².